The van der Waals surface area contributed by atoms with Gasteiger partial charge in [0, 0.05) is 104 Å². The molecule has 7 heterocycles. The Morgan fingerprint density at radius 2 is 1.77 bits per heavy atom. The predicted molar refractivity (Wildman–Crippen MR) is 270 cm³/mol. The lowest BCUT2D eigenvalue weighted by molar-refractivity contribution is -0.768. The summed E-state index contributed by atoms with van der Waals surface area (Å²) in [6.45, 7) is 18.9. The van der Waals surface area contributed by atoms with Crippen molar-refractivity contribution in [1.82, 2.24) is 39.6 Å². The first-order valence-electron chi connectivity index (χ1n) is 25.2. The molecule has 18 heteroatoms. The van der Waals surface area contributed by atoms with Crippen molar-refractivity contribution in [2.24, 2.45) is 16.7 Å². The monoisotopic (exact) mass is 992 g/mol. The van der Waals surface area contributed by atoms with Crippen molar-refractivity contribution in [3.05, 3.63) is 70.8 Å². The maximum absolute atomic E-state index is 14.8. The summed E-state index contributed by atoms with van der Waals surface area (Å²) in [5.74, 6) is -2.04. The van der Waals surface area contributed by atoms with E-state index in [4.69, 9.17) is 19.4 Å². The molecule has 0 radical (unpaired) electrons. The Labute approximate surface area is 421 Å². The Kier molecular flexibility index (Phi) is 15.2. The van der Waals surface area contributed by atoms with Crippen LogP contribution in [0.2, 0.25) is 0 Å². The van der Waals surface area contributed by atoms with Gasteiger partial charge in [-0.25, -0.2) is 14.6 Å². The zero-order valence-electron chi connectivity index (χ0n) is 42.7. The second kappa shape index (κ2) is 21.0. The van der Waals surface area contributed by atoms with E-state index in [1.807, 2.05) is 37.1 Å². The molecule has 1 spiro atoms. The maximum atomic E-state index is 14.8. The summed E-state index contributed by atoms with van der Waals surface area (Å²) in [4.78, 5) is 86.0. The van der Waals surface area contributed by atoms with Crippen molar-refractivity contribution in [2.75, 3.05) is 53.5 Å². The minimum absolute atomic E-state index is 0.0146. The van der Waals surface area contributed by atoms with Crippen molar-refractivity contribution >= 4 is 52.0 Å². The van der Waals surface area contributed by atoms with Crippen LogP contribution in [0, 0.1) is 22.3 Å². The fraction of sp³-hybridized carbons (Fsp3) is 0.566. The zero-order valence-corrected chi connectivity index (χ0v) is 43.5. The Morgan fingerprint density at radius 1 is 1.07 bits per heavy atom. The Balaban J connectivity index is 1.11. The highest BCUT2D eigenvalue weighted by Crippen LogP contribution is 2.43. The molecule has 71 heavy (non-hydrogen) atoms. The number of aryl methyl sites for hydroxylation is 1. The van der Waals surface area contributed by atoms with Crippen molar-refractivity contribution in [1.29, 1.82) is 5.53 Å². The molecule has 4 atom stereocenters. The van der Waals surface area contributed by atoms with Gasteiger partial charge in [-0.15, -0.1) is 11.3 Å². The number of cyclic esters (lactones) is 1. The van der Waals surface area contributed by atoms with Gasteiger partial charge in [-0.3, -0.25) is 19.4 Å². The molecule has 380 valence electrons. The highest BCUT2D eigenvalue weighted by atomic mass is 32.1. The number of methoxy groups -OCH3 is 1. The Bertz CT molecular complexity index is 2690. The van der Waals surface area contributed by atoms with E-state index >= 15 is 0 Å². The number of piperidine rings is 2. The number of aromatic nitrogens is 3. The van der Waals surface area contributed by atoms with E-state index in [1.54, 1.807) is 25.3 Å². The molecule has 4 aliphatic heterocycles. The highest BCUT2D eigenvalue weighted by Gasteiger charge is 2.47. The minimum Gasteiger partial charge on any atom is -0.460 e. The van der Waals surface area contributed by atoms with E-state index in [0.717, 1.165) is 75.2 Å². The van der Waals surface area contributed by atoms with Crippen molar-refractivity contribution < 1.29 is 38.3 Å². The summed E-state index contributed by atoms with van der Waals surface area (Å²) in [6, 6.07) is 6.93. The number of thiazole rings is 1. The molecule has 17 nitrogen and oxygen atoms in total. The second-order valence-corrected chi connectivity index (χ2v) is 22.0. The maximum Gasteiger partial charge on any atom is 0.381 e. The molecular weight excluding hydrogens is 921 g/mol. The van der Waals surface area contributed by atoms with Gasteiger partial charge in [0.15, 0.2) is 0 Å². The highest BCUT2D eigenvalue weighted by molar-refractivity contribution is 7.10. The van der Waals surface area contributed by atoms with E-state index in [-0.39, 0.29) is 48.9 Å². The lowest BCUT2D eigenvalue weighted by atomic mass is 9.71. The number of carbonyl (C=O) groups excluding carboxylic acids is 5. The van der Waals surface area contributed by atoms with Crippen molar-refractivity contribution in [3.8, 4) is 22.5 Å². The fourth-order valence-corrected chi connectivity index (χ4v) is 12.1. The third-order valence-corrected chi connectivity index (χ3v) is 16.2. The van der Waals surface area contributed by atoms with Gasteiger partial charge in [-0.2, -0.15) is 0 Å². The minimum atomic E-state index is -1.18. The zero-order chi connectivity index (χ0) is 50.9. The normalized spacial score (nSPS) is 21.4. The number of ether oxygens (including phenoxy) is 2. The lowest BCUT2D eigenvalue weighted by Gasteiger charge is -2.47. The number of urea groups is 1. The number of nitrogens with zero attached hydrogens (tertiary/aromatic N) is 8. The lowest BCUT2D eigenvalue weighted by Crippen LogP contribution is -2.61. The molecule has 4 aliphatic rings. The average molecular weight is 992 g/mol. The number of likely N-dealkylation sites (tertiary alicyclic amines) is 2. The number of fused-ring (bicyclic) bond motifs is 6. The van der Waals surface area contributed by atoms with E-state index < -0.39 is 41.3 Å². The number of carbonyl (C=O) groups is 5. The summed E-state index contributed by atoms with van der Waals surface area (Å²) in [7, 11) is 3.32. The summed E-state index contributed by atoms with van der Waals surface area (Å²) in [5.41, 5.74) is 15.2. The molecule has 1 unspecified atom stereocenters. The van der Waals surface area contributed by atoms with Crippen LogP contribution >= 0.6 is 11.3 Å². The van der Waals surface area contributed by atoms with Gasteiger partial charge in [0.25, 0.3) is 0 Å². The van der Waals surface area contributed by atoms with Gasteiger partial charge >= 0.3 is 23.9 Å². The molecule has 3 aromatic heterocycles. The van der Waals surface area contributed by atoms with Crippen LogP contribution in [0.1, 0.15) is 102 Å². The van der Waals surface area contributed by atoms with Gasteiger partial charge < -0.3 is 34.1 Å². The third kappa shape index (κ3) is 10.4. The summed E-state index contributed by atoms with van der Waals surface area (Å²) < 4.78 is 14.2. The van der Waals surface area contributed by atoms with E-state index in [0.29, 0.717) is 57.0 Å². The Morgan fingerprint density at radius 3 is 2.44 bits per heavy atom. The number of hydrogen-bond donors (Lipinski definition) is 2. The molecule has 3 fully saturated rings. The standard InChI is InChI=1S/C53H70N10O7S/c1-10-44(64)59-24-18-53(19-25-59)20-26-60(27-21-53)51(68)58(8)46(33(3)4)48(65)57-39-29-43-56-40(31-71-43)35-16-17-41-37(28-35)38(47(61(41)11-2)36-14-12-22-55-45(36)34(5)69-9)30-52(6,7)32-70-50(67)42-15-13-23-62(49(39)66)63(42)54/h10,12,14,16-17,22,28,31,33-34,39,42,46,54H,1,11,13,15,18-21,23-27,29-30,32H2,2-9H3/p+1/t34?,39-,42-,46-/m0/s1. The van der Waals surface area contributed by atoms with E-state index in [9.17, 15) is 29.5 Å². The molecule has 5 amide bonds. The first-order chi connectivity index (χ1) is 33.9. The number of hydrogen-bond acceptors (Lipinski definition) is 11. The number of hydrazine groups is 1. The molecule has 3 saturated heterocycles. The van der Waals surface area contributed by atoms with Crippen LogP contribution in [0.25, 0.3) is 33.4 Å². The van der Waals surface area contributed by atoms with E-state index in [1.165, 1.54) is 27.3 Å². The topological polar surface area (TPSA) is 186 Å². The van der Waals surface area contributed by atoms with Gasteiger partial charge in [-0.1, -0.05) is 45.3 Å². The molecule has 8 rings (SSSR count). The van der Waals surface area contributed by atoms with Crippen LogP contribution in [0.5, 0.6) is 0 Å². The van der Waals surface area contributed by atoms with Crippen LogP contribution in [0.15, 0.2) is 54.6 Å². The molecule has 1 aromatic carbocycles. The fourth-order valence-electron chi connectivity index (χ4n) is 11.2. The van der Waals surface area contributed by atoms with Gasteiger partial charge in [0.05, 0.1) is 41.3 Å². The van der Waals surface area contributed by atoms with Crippen molar-refractivity contribution in [2.45, 2.75) is 124 Å². The van der Waals surface area contributed by atoms with Gasteiger partial charge in [0.2, 0.25) is 11.8 Å². The first kappa shape index (κ1) is 51.3. The molecule has 6 bridgehead atoms. The van der Waals surface area contributed by atoms with Gasteiger partial charge in [-0.05, 0) is 105 Å². The van der Waals surface area contributed by atoms with Crippen LogP contribution in [-0.2, 0) is 48.0 Å². The Hall–Kier alpha value is -6.01. The molecule has 4 aromatic rings. The summed E-state index contributed by atoms with van der Waals surface area (Å²) in [5, 5.41) is 7.85. The number of likely N-dealkylation sites (N-methyl/N-ethyl adjacent to an activating group) is 1. The number of nitrogens with one attached hydrogen (secondary N) is 2. The SMILES string of the molecule is C=CC(=O)N1CCC2(CC1)CCN(C(=O)N(C)[C@H](C(=O)N[C@H]1Cc3nc(cs3)-c3ccc4c(c3)c(c(-c3cccnc3C(C)OC)n4CC)CC(C)(C)COC(=O)[C@@H]3CCCN(C1=O)[N+]3=N)C(C)C)CC2. The number of amides is 5. The van der Waals surface area contributed by atoms with Gasteiger partial charge in [0.1, 0.15) is 12.1 Å². The van der Waals surface area contributed by atoms with Crippen LogP contribution in [0.3, 0.4) is 0 Å². The number of esters is 1. The smallest absolute Gasteiger partial charge is 0.381 e. The molecule has 2 N–H and O–H groups in total. The quantitative estimate of drug-likeness (QED) is 0.0967. The number of pyridine rings is 1. The van der Waals surface area contributed by atoms with Crippen LogP contribution in [-0.4, -0.2) is 140 Å². The van der Waals surface area contributed by atoms with Crippen molar-refractivity contribution in [3.63, 3.8) is 0 Å². The second-order valence-electron chi connectivity index (χ2n) is 21.0. The predicted octanol–water partition coefficient (Wildman–Crippen LogP) is 7.62. The molecular formula is C53H71N10O7S+. The molecule has 0 aliphatic carbocycles. The van der Waals surface area contributed by atoms with Crippen LogP contribution in [0.4, 0.5) is 4.79 Å². The number of benzene rings is 1. The van der Waals surface area contributed by atoms with Crippen LogP contribution < -0.4 is 5.32 Å². The summed E-state index contributed by atoms with van der Waals surface area (Å²) >= 11 is 1.38. The third-order valence-electron chi connectivity index (χ3n) is 15.4. The van der Waals surface area contributed by atoms with E-state index in [2.05, 4.69) is 61.5 Å². The average Bonchev–Trinajstić information content (AvgIpc) is 3.96. The largest absolute Gasteiger partial charge is 0.460 e. The molecule has 0 saturated carbocycles. The number of rotatable bonds is 9. The summed E-state index contributed by atoms with van der Waals surface area (Å²) in [6.07, 6.45) is 7.53. The first-order valence-corrected chi connectivity index (χ1v) is 26.1.